The Balaban J connectivity index is 2.20. The van der Waals surface area contributed by atoms with E-state index in [1.165, 1.54) is 10.9 Å². The van der Waals surface area contributed by atoms with Gasteiger partial charge in [-0.25, -0.2) is 0 Å². The van der Waals surface area contributed by atoms with E-state index in [0.29, 0.717) is 12.5 Å². The van der Waals surface area contributed by atoms with Crippen molar-refractivity contribution in [1.82, 2.24) is 4.57 Å². The standard InChI is InChI=1S/C15H19N3/c1-11(2)12(8-16)9-17-14-10-18(3)15-7-5-4-6-13(14)15/h4-7,10-12,17H,9H2,1-3H3. The molecule has 0 aliphatic heterocycles. The lowest BCUT2D eigenvalue weighted by Gasteiger charge is -2.13. The van der Waals surface area contributed by atoms with Gasteiger partial charge in [-0.1, -0.05) is 32.0 Å². The predicted molar refractivity (Wildman–Crippen MR) is 75.3 cm³/mol. The van der Waals surface area contributed by atoms with Crippen LogP contribution in [-0.2, 0) is 7.05 Å². The molecule has 0 bridgehead atoms. The van der Waals surface area contributed by atoms with Crippen LogP contribution in [0.15, 0.2) is 30.5 Å². The molecule has 1 atom stereocenters. The van der Waals surface area contributed by atoms with E-state index in [1.807, 2.05) is 19.2 Å². The smallest absolute Gasteiger partial charge is 0.0677 e. The molecule has 0 saturated heterocycles. The van der Waals surface area contributed by atoms with Gasteiger partial charge in [-0.2, -0.15) is 5.26 Å². The van der Waals surface area contributed by atoms with Crippen molar-refractivity contribution in [3.63, 3.8) is 0 Å². The fourth-order valence-electron chi connectivity index (χ4n) is 2.13. The Morgan fingerprint density at radius 3 is 2.72 bits per heavy atom. The molecule has 0 aliphatic rings. The van der Waals surface area contributed by atoms with Crippen LogP contribution in [0, 0.1) is 23.2 Å². The van der Waals surface area contributed by atoms with Crippen molar-refractivity contribution >= 4 is 16.6 Å². The van der Waals surface area contributed by atoms with Gasteiger partial charge in [0.15, 0.2) is 0 Å². The van der Waals surface area contributed by atoms with E-state index < -0.39 is 0 Å². The van der Waals surface area contributed by atoms with Crippen LogP contribution in [0.25, 0.3) is 10.9 Å². The zero-order valence-electron chi connectivity index (χ0n) is 11.1. The number of nitriles is 1. The summed E-state index contributed by atoms with van der Waals surface area (Å²) in [5, 5.41) is 13.7. The molecule has 0 amide bonds. The fourth-order valence-corrected chi connectivity index (χ4v) is 2.13. The van der Waals surface area contributed by atoms with Crippen LogP contribution in [0.5, 0.6) is 0 Å². The summed E-state index contributed by atoms with van der Waals surface area (Å²) in [5.41, 5.74) is 2.31. The van der Waals surface area contributed by atoms with Crippen LogP contribution in [0.2, 0.25) is 0 Å². The number of benzene rings is 1. The largest absolute Gasteiger partial charge is 0.382 e. The summed E-state index contributed by atoms with van der Waals surface area (Å²) in [4.78, 5) is 0. The second kappa shape index (κ2) is 5.14. The minimum absolute atomic E-state index is 0.0453. The lowest BCUT2D eigenvalue weighted by atomic mass is 9.97. The van der Waals surface area contributed by atoms with Gasteiger partial charge in [-0.3, -0.25) is 0 Å². The number of aryl methyl sites for hydroxylation is 1. The fraction of sp³-hybridized carbons (Fsp3) is 0.400. The zero-order chi connectivity index (χ0) is 13.1. The molecular weight excluding hydrogens is 222 g/mol. The maximum absolute atomic E-state index is 9.10. The number of hydrogen-bond donors (Lipinski definition) is 1. The van der Waals surface area contributed by atoms with E-state index >= 15 is 0 Å². The van der Waals surface area contributed by atoms with Crippen molar-refractivity contribution in [3.05, 3.63) is 30.5 Å². The number of nitrogens with one attached hydrogen (secondary N) is 1. The number of hydrogen-bond acceptors (Lipinski definition) is 2. The summed E-state index contributed by atoms with van der Waals surface area (Å²) < 4.78 is 2.11. The third kappa shape index (κ3) is 2.33. The molecule has 2 rings (SSSR count). The van der Waals surface area contributed by atoms with Gasteiger partial charge in [0.05, 0.1) is 17.7 Å². The Hall–Kier alpha value is -1.95. The highest BCUT2D eigenvalue weighted by atomic mass is 15.0. The number of rotatable bonds is 4. The molecule has 3 heteroatoms. The minimum Gasteiger partial charge on any atom is -0.382 e. The molecule has 2 aromatic rings. The van der Waals surface area contributed by atoms with Gasteiger partial charge in [0.1, 0.15) is 0 Å². The van der Waals surface area contributed by atoms with Crippen LogP contribution in [0.3, 0.4) is 0 Å². The van der Waals surface area contributed by atoms with E-state index in [-0.39, 0.29) is 5.92 Å². The van der Waals surface area contributed by atoms with E-state index in [9.17, 15) is 0 Å². The monoisotopic (exact) mass is 241 g/mol. The average Bonchev–Trinajstić information content (AvgIpc) is 2.68. The van der Waals surface area contributed by atoms with E-state index in [0.717, 1.165) is 5.69 Å². The van der Waals surface area contributed by atoms with Crippen molar-refractivity contribution in [1.29, 1.82) is 5.26 Å². The molecule has 0 aliphatic carbocycles. The molecule has 0 fully saturated rings. The predicted octanol–water partition coefficient (Wildman–Crippen LogP) is 3.39. The first kappa shape index (κ1) is 12.5. The normalized spacial score (nSPS) is 12.6. The number of aromatic nitrogens is 1. The van der Waals surface area contributed by atoms with Crippen molar-refractivity contribution in [2.24, 2.45) is 18.9 Å². The summed E-state index contributed by atoms with van der Waals surface area (Å²) in [7, 11) is 2.04. The van der Waals surface area contributed by atoms with Crippen LogP contribution in [0.4, 0.5) is 5.69 Å². The number of fused-ring (bicyclic) bond motifs is 1. The topological polar surface area (TPSA) is 40.8 Å². The summed E-state index contributed by atoms with van der Waals surface area (Å²) in [6, 6.07) is 10.6. The minimum atomic E-state index is 0.0453. The Kier molecular flexibility index (Phi) is 3.57. The van der Waals surface area contributed by atoms with Gasteiger partial charge in [-0.05, 0) is 12.0 Å². The Bertz CT molecular complexity index is 575. The van der Waals surface area contributed by atoms with Crippen LogP contribution in [0.1, 0.15) is 13.8 Å². The molecule has 1 aromatic carbocycles. The molecule has 1 aromatic heterocycles. The molecule has 94 valence electrons. The van der Waals surface area contributed by atoms with Gasteiger partial charge in [-0.15, -0.1) is 0 Å². The molecule has 3 nitrogen and oxygen atoms in total. The zero-order valence-corrected chi connectivity index (χ0v) is 11.1. The molecule has 1 unspecified atom stereocenters. The van der Waals surface area contributed by atoms with Crippen LogP contribution >= 0.6 is 0 Å². The maximum Gasteiger partial charge on any atom is 0.0677 e. The van der Waals surface area contributed by atoms with Gasteiger partial charge in [0, 0.05) is 30.7 Å². The van der Waals surface area contributed by atoms with Gasteiger partial charge in [0.25, 0.3) is 0 Å². The maximum atomic E-state index is 9.10. The highest BCUT2D eigenvalue weighted by Gasteiger charge is 2.13. The van der Waals surface area contributed by atoms with Gasteiger partial charge >= 0.3 is 0 Å². The Morgan fingerprint density at radius 1 is 1.33 bits per heavy atom. The lowest BCUT2D eigenvalue weighted by molar-refractivity contribution is 0.496. The summed E-state index contributed by atoms with van der Waals surface area (Å²) in [5.74, 6) is 0.418. The summed E-state index contributed by atoms with van der Waals surface area (Å²) >= 11 is 0. The first-order valence-corrected chi connectivity index (χ1v) is 6.31. The van der Waals surface area contributed by atoms with Crippen LogP contribution in [-0.4, -0.2) is 11.1 Å². The molecule has 1 heterocycles. The molecular formula is C15H19N3. The molecule has 0 spiro atoms. The van der Waals surface area contributed by atoms with Gasteiger partial charge in [0.2, 0.25) is 0 Å². The second-order valence-corrected chi connectivity index (χ2v) is 5.03. The van der Waals surface area contributed by atoms with E-state index in [1.54, 1.807) is 0 Å². The van der Waals surface area contributed by atoms with E-state index in [4.69, 9.17) is 5.26 Å². The Morgan fingerprint density at radius 2 is 2.06 bits per heavy atom. The highest BCUT2D eigenvalue weighted by Crippen LogP contribution is 2.25. The lowest BCUT2D eigenvalue weighted by Crippen LogP contribution is -2.17. The number of anilines is 1. The van der Waals surface area contributed by atoms with Crippen molar-refractivity contribution in [2.45, 2.75) is 13.8 Å². The molecule has 18 heavy (non-hydrogen) atoms. The van der Waals surface area contributed by atoms with Crippen molar-refractivity contribution < 1.29 is 0 Å². The molecule has 0 radical (unpaired) electrons. The van der Waals surface area contributed by atoms with E-state index in [2.05, 4.69) is 48.1 Å². The molecule has 0 saturated carbocycles. The van der Waals surface area contributed by atoms with Crippen LogP contribution < -0.4 is 5.32 Å². The quantitative estimate of drug-likeness (QED) is 0.891. The first-order valence-electron chi connectivity index (χ1n) is 6.31. The average molecular weight is 241 g/mol. The second-order valence-electron chi connectivity index (χ2n) is 5.03. The number of nitrogens with zero attached hydrogens (tertiary/aromatic N) is 2. The molecule has 1 N–H and O–H groups in total. The Labute approximate surface area is 108 Å². The highest BCUT2D eigenvalue weighted by molar-refractivity contribution is 5.92. The third-order valence-electron chi connectivity index (χ3n) is 3.38. The van der Waals surface area contributed by atoms with Gasteiger partial charge < -0.3 is 9.88 Å². The number of para-hydroxylation sites is 1. The van der Waals surface area contributed by atoms with Crippen molar-refractivity contribution in [3.8, 4) is 6.07 Å². The summed E-state index contributed by atoms with van der Waals surface area (Å²) in [6.45, 7) is 4.86. The SMILES string of the molecule is CC(C)C(C#N)CNc1cn(C)c2ccccc12. The van der Waals surface area contributed by atoms with Crippen molar-refractivity contribution in [2.75, 3.05) is 11.9 Å². The summed E-state index contributed by atoms with van der Waals surface area (Å²) in [6.07, 6.45) is 2.08. The third-order valence-corrected chi connectivity index (χ3v) is 3.38. The first-order chi connectivity index (χ1) is 8.63.